The van der Waals surface area contributed by atoms with Gasteiger partial charge in [-0.2, -0.15) is 0 Å². The quantitative estimate of drug-likeness (QED) is 0.626. The van der Waals surface area contributed by atoms with Crippen LogP contribution < -0.4 is 0 Å². The largest absolute Gasteiger partial charge is 0.129 e. The van der Waals surface area contributed by atoms with Crippen LogP contribution in [0.3, 0.4) is 0 Å². The first-order valence-corrected chi connectivity index (χ1v) is 5.13. The van der Waals surface area contributed by atoms with Crippen LogP contribution in [0.5, 0.6) is 0 Å². The molecule has 0 amide bonds. The van der Waals surface area contributed by atoms with E-state index in [1.807, 2.05) is 25.3 Å². The Morgan fingerprint density at radius 3 is 2.27 bits per heavy atom. The normalized spacial score (nSPS) is 10.2. The van der Waals surface area contributed by atoms with Gasteiger partial charge in [0, 0.05) is 4.90 Å². The zero-order valence-electron chi connectivity index (χ0n) is 6.32. The maximum Gasteiger partial charge on any atom is 0.0603 e. The van der Waals surface area contributed by atoms with Crippen LogP contribution in [-0.4, -0.2) is 6.26 Å². The minimum Gasteiger partial charge on any atom is -0.129 e. The molecule has 0 aliphatic heterocycles. The molecule has 0 aliphatic rings. The second-order valence-corrected chi connectivity index (χ2v) is 3.90. The lowest BCUT2D eigenvalue weighted by molar-refractivity contribution is 1.31. The van der Waals surface area contributed by atoms with Crippen LogP contribution in [0, 0.1) is 6.92 Å². The van der Waals surface area contributed by atoms with Crippen molar-refractivity contribution in [3.05, 3.63) is 27.7 Å². The molecule has 0 saturated carbocycles. The Bertz CT molecular complexity index is 271. The molecule has 0 atom stereocenters. The molecule has 0 N–H and O–H groups in total. The van der Waals surface area contributed by atoms with Crippen molar-refractivity contribution in [2.24, 2.45) is 0 Å². The summed E-state index contributed by atoms with van der Waals surface area (Å²) < 4.78 is 0. The first-order chi connectivity index (χ1) is 5.15. The molecule has 0 unspecified atom stereocenters. The number of rotatable bonds is 1. The summed E-state index contributed by atoms with van der Waals surface area (Å²) >= 11 is 13.3. The molecule has 3 heteroatoms. The van der Waals surface area contributed by atoms with E-state index >= 15 is 0 Å². The molecular formula is C8H8Cl2S. The van der Waals surface area contributed by atoms with E-state index in [-0.39, 0.29) is 0 Å². The number of hydrogen-bond acceptors (Lipinski definition) is 1. The summed E-state index contributed by atoms with van der Waals surface area (Å²) in [5.41, 5.74) is 1.17. The fourth-order valence-corrected chi connectivity index (χ4v) is 1.91. The van der Waals surface area contributed by atoms with Crippen molar-refractivity contribution in [3.8, 4) is 0 Å². The van der Waals surface area contributed by atoms with Crippen LogP contribution in [0.25, 0.3) is 0 Å². The summed E-state index contributed by atoms with van der Waals surface area (Å²) in [7, 11) is 0. The summed E-state index contributed by atoms with van der Waals surface area (Å²) in [6, 6.07) is 3.78. The topological polar surface area (TPSA) is 0 Å². The molecule has 0 fully saturated rings. The van der Waals surface area contributed by atoms with E-state index in [1.54, 1.807) is 11.8 Å². The van der Waals surface area contributed by atoms with E-state index in [1.165, 1.54) is 10.5 Å². The van der Waals surface area contributed by atoms with Crippen LogP contribution >= 0.6 is 35.0 Å². The monoisotopic (exact) mass is 206 g/mol. The van der Waals surface area contributed by atoms with Gasteiger partial charge >= 0.3 is 0 Å². The van der Waals surface area contributed by atoms with Crippen LogP contribution in [0.2, 0.25) is 10.0 Å². The molecule has 0 aromatic heterocycles. The highest BCUT2D eigenvalue weighted by atomic mass is 35.5. The van der Waals surface area contributed by atoms with Crippen LogP contribution in [-0.2, 0) is 0 Å². The second-order valence-electron chi connectivity index (χ2n) is 2.24. The van der Waals surface area contributed by atoms with E-state index in [4.69, 9.17) is 23.2 Å². The highest BCUT2D eigenvalue weighted by Gasteiger charge is 2.02. The van der Waals surface area contributed by atoms with E-state index < -0.39 is 0 Å². The minimum absolute atomic E-state index is 0.626. The van der Waals surface area contributed by atoms with Crippen molar-refractivity contribution in [2.45, 2.75) is 11.8 Å². The summed E-state index contributed by atoms with van der Waals surface area (Å²) in [4.78, 5) is 1.18. The maximum atomic E-state index is 5.82. The van der Waals surface area contributed by atoms with Gasteiger partial charge in [-0.1, -0.05) is 23.2 Å². The Hall–Kier alpha value is 0.150. The van der Waals surface area contributed by atoms with Gasteiger partial charge in [-0.05, 0) is 30.9 Å². The number of hydrogen-bond donors (Lipinski definition) is 0. The van der Waals surface area contributed by atoms with Crippen molar-refractivity contribution in [3.63, 3.8) is 0 Å². The van der Waals surface area contributed by atoms with Gasteiger partial charge in [0.05, 0.1) is 10.0 Å². The molecular weight excluding hydrogens is 199 g/mol. The van der Waals surface area contributed by atoms with E-state index in [0.717, 1.165) is 0 Å². The molecule has 11 heavy (non-hydrogen) atoms. The van der Waals surface area contributed by atoms with Crippen molar-refractivity contribution >= 4 is 35.0 Å². The summed E-state index contributed by atoms with van der Waals surface area (Å²) in [6.45, 7) is 2.02. The Morgan fingerprint density at radius 2 is 1.73 bits per heavy atom. The Labute approximate surface area is 80.9 Å². The lowest BCUT2D eigenvalue weighted by Crippen LogP contribution is -1.79. The number of benzene rings is 1. The molecule has 0 saturated heterocycles. The first kappa shape index (κ1) is 9.24. The molecule has 60 valence electrons. The third-order valence-corrected chi connectivity index (χ3v) is 3.04. The van der Waals surface area contributed by atoms with Crippen LogP contribution in [0.4, 0.5) is 0 Å². The summed E-state index contributed by atoms with van der Waals surface area (Å²) in [5.74, 6) is 0. The highest BCUT2D eigenvalue weighted by molar-refractivity contribution is 7.98. The molecule has 1 rings (SSSR count). The molecule has 0 bridgehead atoms. The van der Waals surface area contributed by atoms with Crippen LogP contribution in [0.15, 0.2) is 17.0 Å². The van der Waals surface area contributed by atoms with Crippen molar-refractivity contribution < 1.29 is 0 Å². The van der Waals surface area contributed by atoms with E-state index in [2.05, 4.69) is 0 Å². The van der Waals surface area contributed by atoms with Gasteiger partial charge in [0.1, 0.15) is 0 Å². The predicted molar refractivity (Wildman–Crippen MR) is 53.0 cm³/mol. The SMILES string of the molecule is CSc1cc(Cl)c(Cl)cc1C. The molecule has 0 aliphatic carbocycles. The highest BCUT2D eigenvalue weighted by Crippen LogP contribution is 2.29. The zero-order chi connectivity index (χ0) is 8.43. The molecule has 0 nitrogen and oxygen atoms in total. The molecule has 0 spiro atoms. The first-order valence-electron chi connectivity index (χ1n) is 3.15. The lowest BCUT2D eigenvalue weighted by Gasteiger charge is -2.03. The molecule has 1 aromatic rings. The fourth-order valence-electron chi connectivity index (χ4n) is 0.848. The van der Waals surface area contributed by atoms with Gasteiger partial charge in [-0.25, -0.2) is 0 Å². The average molecular weight is 207 g/mol. The standard InChI is InChI=1S/C8H8Cl2S/c1-5-3-6(9)7(10)4-8(5)11-2/h3-4H,1-2H3. The lowest BCUT2D eigenvalue weighted by atomic mass is 10.2. The Kier molecular flexibility index (Phi) is 3.11. The number of aryl methyl sites for hydroxylation is 1. The Balaban J connectivity index is 3.21. The van der Waals surface area contributed by atoms with Gasteiger partial charge in [-0.15, -0.1) is 11.8 Å². The van der Waals surface area contributed by atoms with Gasteiger partial charge < -0.3 is 0 Å². The van der Waals surface area contributed by atoms with Gasteiger partial charge in [-0.3, -0.25) is 0 Å². The van der Waals surface area contributed by atoms with Crippen molar-refractivity contribution in [1.82, 2.24) is 0 Å². The molecule has 0 radical (unpaired) electrons. The van der Waals surface area contributed by atoms with E-state index in [0.29, 0.717) is 10.0 Å². The minimum atomic E-state index is 0.626. The third-order valence-electron chi connectivity index (χ3n) is 1.44. The van der Waals surface area contributed by atoms with Crippen molar-refractivity contribution in [1.29, 1.82) is 0 Å². The molecule has 0 heterocycles. The van der Waals surface area contributed by atoms with Gasteiger partial charge in [0.15, 0.2) is 0 Å². The Morgan fingerprint density at radius 1 is 1.18 bits per heavy atom. The van der Waals surface area contributed by atoms with E-state index in [9.17, 15) is 0 Å². The zero-order valence-corrected chi connectivity index (χ0v) is 8.65. The second kappa shape index (κ2) is 3.70. The van der Waals surface area contributed by atoms with Crippen molar-refractivity contribution in [2.75, 3.05) is 6.26 Å². The third kappa shape index (κ3) is 2.05. The van der Waals surface area contributed by atoms with Gasteiger partial charge in [0.2, 0.25) is 0 Å². The van der Waals surface area contributed by atoms with Gasteiger partial charge in [0.25, 0.3) is 0 Å². The smallest absolute Gasteiger partial charge is 0.0603 e. The average Bonchev–Trinajstić information content (AvgIpc) is 1.97. The predicted octanol–water partition coefficient (Wildman–Crippen LogP) is 4.02. The van der Waals surface area contributed by atoms with Crippen LogP contribution in [0.1, 0.15) is 5.56 Å². The fraction of sp³-hybridized carbons (Fsp3) is 0.250. The molecule has 1 aromatic carbocycles. The number of halogens is 2. The maximum absolute atomic E-state index is 5.82. The summed E-state index contributed by atoms with van der Waals surface area (Å²) in [5, 5.41) is 1.25. The number of thioether (sulfide) groups is 1. The summed E-state index contributed by atoms with van der Waals surface area (Å²) in [6.07, 6.45) is 2.02.